The molecular formula is C16H24F2N2. The molecule has 0 amide bonds. The predicted octanol–water partition coefficient (Wildman–Crippen LogP) is 3.32. The van der Waals surface area contributed by atoms with Crippen LogP contribution in [0.4, 0.5) is 8.78 Å². The van der Waals surface area contributed by atoms with Gasteiger partial charge in [0.25, 0.3) is 0 Å². The van der Waals surface area contributed by atoms with Gasteiger partial charge >= 0.3 is 0 Å². The number of likely N-dealkylation sites (tertiary alicyclic amines) is 1. The van der Waals surface area contributed by atoms with Crippen LogP contribution in [-0.4, -0.2) is 30.6 Å². The Bertz CT molecular complexity index is 423. The van der Waals surface area contributed by atoms with Gasteiger partial charge in [-0.05, 0) is 63.0 Å². The minimum atomic E-state index is -0.779. The van der Waals surface area contributed by atoms with E-state index in [-0.39, 0.29) is 0 Å². The molecule has 1 unspecified atom stereocenters. The molecule has 112 valence electrons. The highest BCUT2D eigenvalue weighted by Gasteiger charge is 2.16. The van der Waals surface area contributed by atoms with Crippen LogP contribution in [0.3, 0.4) is 0 Å². The minimum Gasteiger partial charge on any atom is -0.310 e. The van der Waals surface area contributed by atoms with E-state index in [9.17, 15) is 8.78 Å². The SMILES string of the molecule is CCCN1CCCC(NCc2ccc(F)c(F)c2)CC1. The van der Waals surface area contributed by atoms with E-state index in [1.165, 1.54) is 38.1 Å². The van der Waals surface area contributed by atoms with Gasteiger partial charge < -0.3 is 10.2 Å². The van der Waals surface area contributed by atoms with E-state index in [0.717, 1.165) is 24.9 Å². The maximum Gasteiger partial charge on any atom is 0.159 e. The summed E-state index contributed by atoms with van der Waals surface area (Å²) in [5, 5.41) is 3.47. The molecule has 1 saturated heterocycles. The van der Waals surface area contributed by atoms with Gasteiger partial charge in [-0.25, -0.2) is 8.78 Å². The highest BCUT2D eigenvalue weighted by molar-refractivity contribution is 5.17. The van der Waals surface area contributed by atoms with E-state index in [4.69, 9.17) is 0 Å². The lowest BCUT2D eigenvalue weighted by Gasteiger charge is -2.19. The molecule has 0 saturated carbocycles. The molecule has 0 bridgehead atoms. The summed E-state index contributed by atoms with van der Waals surface area (Å²) in [5.74, 6) is -1.54. The molecule has 20 heavy (non-hydrogen) atoms. The lowest BCUT2D eigenvalue weighted by Crippen LogP contribution is -2.31. The van der Waals surface area contributed by atoms with E-state index >= 15 is 0 Å². The molecule has 0 spiro atoms. The van der Waals surface area contributed by atoms with Crippen molar-refractivity contribution in [3.05, 3.63) is 35.4 Å². The van der Waals surface area contributed by atoms with E-state index in [2.05, 4.69) is 17.1 Å². The van der Waals surface area contributed by atoms with Crippen molar-refractivity contribution in [2.24, 2.45) is 0 Å². The zero-order valence-corrected chi connectivity index (χ0v) is 12.2. The molecule has 0 radical (unpaired) electrons. The first kappa shape index (κ1) is 15.4. The third-order valence-electron chi connectivity index (χ3n) is 3.94. The molecule has 1 aromatic rings. The molecule has 1 aliphatic rings. The molecule has 1 heterocycles. The Hall–Kier alpha value is -1.00. The van der Waals surface area contributed by atoms with Gasteiger partial charge in [0.15, 0.2) is 11.6 Å². The molecule has 1 atom stereocenters. The Morgan fingerprint density at radius 1 is 1.20 bits per heavy atom. The average molecular weight is 282 g/mol. The zero-order valence-electron chi connectivity index (χ0n) is 12.2. The molecule has 0 aromatic heterocycles. The molecular weight excluding hydrogens is 258 g/mol. The van der Waals surface area contributed by atoms with E-state index < -0.39 is 11.6 Å². The topological polar surface area (TPSA) is 15.3 Å². The lowest BCUT2D eigenvalue weighted by molar-refractivity contribution is 0.282. The number of halogens is 2. The van der Waals surface area contributed by atoms with Crippen LogP contribution in [0.2, 0.25) is 0 Å². The molecule has 1 aromatic carbocycles. The molecule has 1 fully saturated rings. The minimum absolute atomic E-state index is 0.477. The van der Waals surface area contributed by atoms with Crippen LogP contribution in [-0.2, 0) is 6.54 Å². The second-order valence-corrected chi connectivity index (χ2v) is 5.60. The largest absolute Gasteiger partial charge is 0.310 e. The predicted molar refractivity (Wildman–Crippen MR) is 77.6 cm³/mol. The molecule has 1 N–H and O–H groups in total. The summed E-state index contributed by atoms with van der Waals surface area (Å²) < 4.78 is 26.0. The summed E-state index contributed by atoms with van der Waals surface area (Å²) in [5.41, 5.74) is 0.804. The molecule has 2 nitrogen and oxygen atoms in total. The summed E-state index contributed by atoms with van der Waals surface area (Å²) >= 11 is 0. The van der Waals surface area contributed by atoms with Gasteiger partial charge in [0.05, 0.1) is 0 Å². The fraction of sp³-hybridized carbons (Fsp3) is 0.625. The second kappa shape index (κ2) is 7.70. The van der Waals surface area contributed by atoms with Crippen LogP contribution >= 0.6 is 0 Å². The summed E-state index contributed by atoms with van der Waals surface area (Å²) in [6, 6.07) is 4.60. The number of benzene rings is 1. The van der Waals surface area contributed by atoms with Crippen molar-refractivity contribution in [2.45, 2.75) is 45.2 Å². The molecule has 0 aliphatic carbocycles. The van der Waals surface area contributed by atoms with Crippen LogP contribution in [0.15, 0.2) is 18.2 Å². The monoisotopic (exact) mass is 282 g/mol. The molecule has 1 aliphatic heterocycles. The average Bonchev–Trinajstić information content (AvgIpc) is 2.66. The quantitative estimate of drug-likeness (QED) is 0.891. The number of hydrogen-bond acceptors (Lipinski definition) is 2. The zero-order chi connectivity index (χ0) is 14.4. The molecule has 2 rings (SSSR count). The van der Waals surface area contributed by atoms with Crippen molar-refractivity contribution in [3.63, 3.8) is 0 Å². The van der Waals surface area contributed by atoms with Gasteiger partial charge in [0.2, 0.25) is 0 Å². The maximum absolute atomic E-state index is 13.1. The third kappa shape index (κ3) is 4.53. The fourth-order valence-electron chi connectivity index (χ4n) is 2.81. The number of nitrogens with one attached hydrogen (secondary N) is 1. The van der Waals surface area contributed by atoms with Crippen LogP contribution in [0.25, 0.3) is 0 Å². The third-order valence-corrected chi connectivity index (χ3v) is 3.94. The Labute approximate surface area is 120 Å². The number of rotatable bonds is 5. The van der Waals surface area contributed by atoms with Gasteiger partial charge in [-0.3, -0.25) is 0 Å². The van der Waals surface area contributed by atoms with Crippen molar-refractivity contribution >= 4 is 0 Å². The highest BCUT2D eigenvalue weighted by Crippen LogP contribution is 2.13. The normalized spacial score (nSPS) is 20.9. The lowest BCUT2D eigenvalue weighted by atomic mass is 10.1. The van der Waals surface area contributed by atoms with Crippen molar-refractivity contribution in [1.29, 1.82) is 0 Å². The van der Waals surface area contributed by atoms with Crippen LogP contribution in [0.5, 0.6) is 0 Å². The highest BCUT2D eigenvalue weighted by atomic mass is 19.2. The summed E-state index contributed by atoms with van der Waals surface area (Å²) in [6.07, 6.45) is 4.69. The van der Waals surface area contributed by atoms with E-state index in [1.54, 1.807) is 6.07 Å². The van der Waals surface area contributed by atoms with E-state index in [1.807, 2.05) is 0 Å². The molecule has 4 heteroatoms. The number of hydrogen-bond donors (Lipinski definition) is 1. The summed E-state index contributed by atoms with van der Waals surface area (Å²) in [4.78, 5) is 2.51. The van der Waals surface area contributed by atoms with Gasteiger partial charge in [-0.1, -0.05) is 13.0 Å². The van der Waals surface area contributed by atoms with Gasteiger partial charge in [-0.2, -0.15) is 0 Å². The number of nitrogens with zero attached hydrogens (tertiary/aromatic N) is 1. The summed E-state index contributed by atoms with van der Waals surface area (Å²) in [7, 11) is 0. The first-order valence-corrected chi connectivity index (χ1v) is 7.58. The van der Waals surface area contributed by atoms with Gasteiger partial charge in [0.1, 0.15) is 0 Å². The van der Waals surface area contributed by atoms with E-state index in [0.29, 0.717) is 12.6 Å². The second-order valence-electron chi connectivity index (χ2n) is 5.60. The Kier molecular flexibility index (Phi) is 5.92. The van der Waals surface area contributed by atoms with Crippen LogP contribution in [0, 0.1) is 11.6 Å². The Morgan fingerprint density at radius 3 is 2.80 bits per heavy atom. The maximum atomic E-state index is 13.1. The van der Waals surface area contributed by atoms with Crippen molar-refractivity contribution in [3.8, 4) is 0 Å². The smallest absolute Gasteiger partial charge is 0.159 e. The Balaban J connectivity index is 1.80. The van der Waals surface area contributed by atoms with Crippen molar-refractivity contribution < 1.29 is 8.78 Å². The van der Waals surface area contributed by atoms with Crippen LogP contribution < -0.4 is 5.32 Å². The van der Waals surface area contributed by atoms with Crippen molar-refractivity contribution in [2.75, 3.05) is 19.6 Å². The van der Waals surface area contributed by atoms with Gasteiger partial charge in [0, 0.05) is 12.6 Å². The van der Waals surface area contributed by atoms with Crippen LogP contribution in [0.1, 0.15) is 38.2 Å². The first-order valence-electron chi connectivity index (χ1n) is 7.58. The van der Waals surface area contributed by atoms with Gasteiger partial charge in [-0.15, -0.1) is 0 Å². The fourth-order valence-corrected chi connectivity index (χ4v) is 2.81. The first-order chi connectivity index (χ1) is 9.69. The van der Waals surface area contributed by atoms with Crippen molar-refractivity contribution in [1.82, 2.24) is 10.2 Å². The standard InChI is InChI=1S/C16H24F2N2/c1-2-8-20-9-3-4-14(7-10-20)19-12-13-5-6-15(17)16(18)11-13/h5-6,11,14,19H,2-4,7-10,12H2,1H3. The Morgan fingerprint density at radius 2 is 2.05 bits per heavy atom. The summed E-state index contributed by atoms with van der Waals surface area (Å²) in [6.45, 7) is 6.30.